The van der Waals surface area contributed by atoms with Gasteiger partial charge in [0, 0.05) is 19.2 Å². The number of nitrogens with two attached hydrogens (primary N) is 1. The molecule has 0 radical (unpaired) electrons. The summed E-state index contributed by atoms with van der Waals surface area (Å²) in [5.41, 5.74) is 5.91. The van der Waals surface area contributed by atoms with Gasteiger partial charge in [-0.15, -0.1) is 0 Å². The Kier molecular flexibility index (Phi) is 5.80. The van der Waals surface area contributed by atoms with Crippen LogP contribution in [0.25, 0.3) is 11.0 Å². The van der Waals surface area contributed by atoms with Gasteiger partial charge in [-0.05, 0) is 30.5 Å². The van der Waals surface area contributed by atoms with Crippen molar-refractivity contribution in [2.24, 2.45) is 0 Å². The molecular formula is C18H21NO6. The van der Waals surface area contributed by atoms with Crippen LogP contribution in [0.3, 0.4) is 0 Å². The molecule has 1 aromatic carbocycles. The second kappa shape index (κ2) is 7.83. The normalized spacial score (nSPS) is 10.7. The van der Waals surface area contributed by atoms with Crippen molar-refractivity contribution in [3.05, 3.63) is 28.1 Å². The predicted octanol–water partition coefficient (Wildman–Crippen LogP) is 2.96. The molecule has 0 atom stereocenters. The summed E-state index contributed by atoms with van der Waals surface area (Å²) in [6, 6.07) is 3.13. The highest BCUT2D eigenvalue weighted by Gasteiger charge is 2.21. The summed E-state index contributed by atoms with van der Waals surface area (Å²) in [5, 5.41) is 0.556. The molecule has 7 heteroatoms. The lowest BCUT2D eigenvalue weighted by molar-refractivity contribution is -0.134. The summed E-state index contributed by atoms with van der Waals surface area (Å²) < 4.78 is 15.4. The lowest BCUT2D eigenvalue weighted by Gasteiger charge is -2.13. The third-order valence-electron chi connectivity index (χ3n) is 3.67. The summed E-state index contributed by atoms with van der Waals surface area (Å²) in [5.74, 6) is -1.32. The third kappa shape index (κ3) is 4.17. The van der Waals surface area contributed by atoms with E-state index in [0.29, 0.717) is 17.4 Å². The fraction of sp³-hybridized carbons (Fsp3) is 0.389. The molecule has 2 N–H and O–H groups in total. The van der Waals surface area contributed by atoms with Gasteiger partial charge in [0.25, 0.3) is 0 Å². The van der Waals surface area contributed by atoms with Crippen molar-refractivity contribution >= 4 is 28.6 Å². The van der Waals surface area contributed by atoms with Crippen LogP contribution >= 0.6 is 0 Å². The molecular weight excluding hydrogens is 326 g/mol. The number of hydrogen-bond acceptors (Lipinski definition) is 7. The number of anilines is 1. The number of unbranched alkanes of at least 4 members (excludes halogenated alkanes) is 2. The van der Waals surface area contributed by atoms with Crippen LogP contribution in [0.1, 0.15) is 45.6 Å². The highest BCUT2D eigenvalue weighted by atomic mass is 16.6. The van der Waals surface area contributed by atoms with E-state index in [-0.39, 0.29) is 22.8 Å². The Hall–Kier alpha value is -2.83. The van der Waals surface area contributed by atoms with Crippen LogP contribution in [0, 0.1) is 0 Å². The van der Waals surface area contributed by atoms with Crippen LogP contribution in [-0.4, -0.2) is 11.9 Å². The number of benzene rings is 1. The molecule has 2 rings (SSSR count). The van der Waals surface area contributed by atoms with Crippen LogP contribution in [0.2, 0.25) is 0 Å². The van der Waals surface area contributed by atoms with Gasteiger partial charge < -0.3 is 19.6 Å². The zero-order valence-corrected chi connectivity index (χ0v) is 14.5. The van der Waals surface area contributed by atoms with E-state index in [2.05, 4.69) is 6.92 Å². The van der Waals surface area contributed by atoms with E-state index in [9.17, 15) is 14.4 Å². The number of aryl methyl sites for hydroxylation is 1. The Labute approximate surface area is 144 Å². The van der Waals surface area contributed by atoms with Gasteiger partial charge in [-0.25, -0.2) is 4.79 Å². The number of carbonyl (C=O) groups is 2. The first-order valence-corrected chi connectivity index (χ1v) is 8.10. The SMILES string of the molecule is CCCCCc1c(N)c(=O)oc2c(OC(C)=O)c(OC(C)=O)ccc12. The fourth-order valence-corrected chi connectivity index (χ4v) is 2.60. The smallest absolute Gasteiger partial charge is 0.360 e. The van der Waals surface area contributed by atoms with E-state index in [1.165, 1.54) is 19.9 Å². The van der Waals surface area contributed by atoms with Crippen molar-refractivity contribution in [3.63, 3.8) is 0 Å². The fourth-order valence-electron chi connectivity index (χ4n) is 2.60. The number of hydrogen-bond donors (Lipinski definition) is 1. The highest BCUT2D eigenvalue weighted by Crippen LogP contribution is 2.38. The molecule has 0 aliphatic rings. The zero-order chi connectivity index (χ0) is 18.6. The van der Waals surface area contributed by atoms with Gasteiger partial charge >= 0.3 is 17.6 Å². The molecule has 2 aromatic rings. The number of esters is 2. The standard InChI is InChI=1S/C18H21NO6/c1-4-5-6-7-12-13-8-9-14(23-10(2)20)17(24-11(3)21)16(13)25-18(22)15(12)19/h8-9H,4-7,19H2,1-3H3. The summed E-state index contributed by atoms with van der Waals surface area (Å²) in [4.78, 5) is 34.8. The molecule has 0 aliphatic heterocycles. The summed E-state index contributed by atoms with van der Waals surface area (Å²) in [7, 11) is 0. The van der Waals surface area contributed by atoms with Gasteiger partial charge in [0.05, 0.1) is 0 Å². The van der Waals surface area contributed by atoms with Gasteiger partial charge in [0.2, 0.25) is 5.75 Å². The van der Waals surface area contributed by atoms with Crippen molar-refractivity contribution in [2.75, 3.05) is 5.73 Å². The van der Waals surface area contributed by atoms with Crippen LogP contribution in [0.15, 0.2) is 21.3 Å². The molecule has 0 saturated carbocycles. The Morgan fingerprint density at radius 3 is 2.40 bits per heavy atom. The zero-order valence-electron chi connectivity index (χ0n) is 14.5. The average Bonchev–Trinajstić information content (AvgIpc) is 2.53. The summed E-state index contributed by atoms with van der Waals surface area (Å²) >= 11 is 0. The predicted molar refractivity (Wildman–Crippen MR) is 92.7 cm³/mol. The first-order chi connectivity index (χ1) is 11.8. The van der Waals surface area contributed by atoms with E-state index in [1.807, 2.05) is 0 Å². The lowest BCUT2D eigenvalue weighted by atomic mass is 10.0. The molecule has 0 spiro atoms. The number of carbonyl (C=O) groups excluding carboxylic acids is 2. The van der Waals surface area contributed by atoms with Gasteiger partial charge in [-0.2, -0.15) is 0 Å². The number of nitrogen functional groups attached to an aromatic ring is 1. The molecule has 0 amide bonds. The minimum Gasteiger partial charge on any atom is -0.423 e. The van der Waals surface area contributed by atoms with Crippen molar-refractivity contribution < 1.29 is 23.5 Å². The first kappa shape index (κ1) is 18.5. The van der Waals surface area contributed by atoms with Crippen molar-refractivity contribution in [1.82, 2.24) is 0 Å². The Morgan fingerprint density at radius 2 is 1.80 bits per heavy atom. The third-order valence-corrected chi connectivity index (χ3v) is 3.67. The van der Waals surface area contributed by atoms with Crippen molar-refractivity contribution in [3.8, 4) is 11.5 Å². The number of ether oxygens (including phenoxy) is 2. The van der Waals surface area contributed by atoms with Crippen LogP contribution in [0.4, 0.5) is 5.69 Å². The average molecular weight is 347 g/mol. The maximum absolute atomic E-state index is 12.1. The molecule has 0 bridgehead atoms. The maximum Gasteiger partial charge on any atom is 0.360 e. The van der Waals surface area contributed by atoms with Gasteiger partial charge in [-0.1, -0.05) is 19.8 Å². The van der Waals surface area contributed by atoms with E-state index >= 15 is 0 Å². The number of rotatable bonds is 6. The maximum atomic E-state index is 12.1. The van der Waals surface area contributed by atoms with Gasteiger partial charge in [0.1, 0.15) is 5.69 Å². The van der Waals surface area contributed by atoms with Gasteiger partial charge in [-0.3, -0.25) is 9.59 Å². The summed E-state index contributed by atoms with van der Waals surface area (Å²) in [6.07, 6.45) is 3.46. The van der Waals surface area contributed by atoms with Gasteiger partial charge in [0.15, 0.2) is 11.3 Å². The van der Waals surface area contributed by atoms with Crippen molar-refractivity contribution in [2.45, 2.75) is 46.5 Å². The Bertz CT molecular complexity index is 868. The van der Waals surface area contributed by atoms with E-state index < -0.39 is 17.6 Å². The largest absolute Gasteiger partial charge is 0.423 e. The van der Waals surface area contributed by atoms with Crippen LogP contribution < -0.4 is 20.8 Å². The van der Waals surface area contributed by atoms with Crippen molar-refractivity contribution in [1.29, 1.82) is 0 Å². The summed E-state index contributed by atoms with van der Waals surface area (Å²) in [6.45, 7) is 4.50. The van der Waals surface area contributed by atoms with Crippen LogP contribution in [0.5, 0.6) is 11.5 Å². The second-order valence-corrected chi connectivity index (χ2v) is 5.70. The Balaban J connectivity index is 2.70. The quantitative estimate of drug-likeness (QED) is 0.370. The first-order valence-electron chi connectivity index (χ1n) is 8.10. The molecule has 25 heavy (non-hydrogen) atoms. The molecule has 1 aromatic heterocycles. The number of fused-ring (bicyclic) bond motifs is 1. The minimum absolute atomic E-state index is 0.00243. The van der Waals surface area contributed by atoms with E-state index in [4.69, 9.17) is 19.6 Å². The molecule has 134 valence electrons. The highest BCUT2D eigenvalue weighted by molar-refractivity contribution is 5.93. The van der Waals surface area contributed by atoms with E-state index in [1.54, 1.807) is 6.07 Å². The minimum atomic E-state index is -0.715. The topological polar surface area (TPSA) is 109 Å². The molecule has 0 saturated heterocycles. The van der Waals surface area contributed by atoms with E-state index in [0.717, 1.165) is 19.3 Å². The molecule has 7 nitrogen and oxygen atoms in total. The lowest BCUT2D eigenvalue weighted by Crippen LogP contribution is -2.13. The second-order valence-electron chi connectivity index (χ2n) is 5.70. The monoisotopic (exact) mass is 347 g/mol. The molecule has 0 fully saturated rings. The molecule has 0 aliphatic carbocycles. The Morgan fingerprint density at radius 1 is 1.12 bits per heavy atom. The van der Waals surface area contributed by atoms with Crippen LogP contribution in [-0.2, 0) is 16.0 Å². The molecule has 0 unspecified atom stereocenters. The molecule has 1 heterocycles.